The van der Waals surface area contributed by atoms with Gasteiger partial charge in [-0.3, -0.25) is 0 Å². The molecule has 1 aromatic rings. The zero-order valence-corrected chi connectivity index (χ0v) is 20.0. The summed E-state index contributed by atoms with van der Waals surface area (Å²) in [6, 6.07) is 4.40. The Labute approximate surface area is 184 Å². The normalized spacial score (nSPS) is 27.7. The summed E-state index contributed by atoms with van der Waals surface area (Å²) in [5, 5.41) is 10.8. The van der Waals surface area contributed by atoms with E-state index in [1.54, 1.807) is 0 Å². The first-order valence-corrected chi connectivity index (χ1v) is 12.4. The lowest BCUT2D eigenvalue weighted by atomic mass is 9.68. The van der Waals surface area contributed by atoms with Gasteiger partial charge in [0, 0.05) is 11.1 Å². The van der Waals surface area contributed by atoms with E-state index in [1.165, 1.54) is 56.9 Å². The third-order valence-electron chi connectivity index (χ3n) is 7.40. The van der Waals surface area contributed by atoms with Crippen LogP contribution in [0.15, 0.2) is 12.1 Å². The van der Waals surface area contributed by atoms with E-state index in [1.807, 2.05) is 27.7 Å². The number of phenolic OH excluding ortho intramolecular Hbond substituents is 1. The second-order valence-electron chi connectivity index (χ2n) is 10.5. The molecule has 0 radical (unpaired) electrons. The van der Waals surface area contributed by atoms with Gasteiger partial charge in [-0.05, 0) is 108 Å². The van der Waals surface area contributed by atoms with E-state index in [9.17, 15) is 5.11 Å². The van der Waals surface area contributed by atoms with Crippen molar-refractivity contribution in [2.45, 2.75) is 117 Å². The van der Waals surface area contributed by atoms with Gasteiger partial charge in [-0.2, -0.15) is 0 Å². The minimum absolute atomic E-state index is 0.150. The fourth-order valence-electron chi connectivity index (χ4n) is 5.44. The number of hydrogen-bond donors (Lipinski definition) is 1. The van der Waals surface area contributed by atoms with Crippen LogP contribution in [0.25, 0.3) is 0 Å². The van der Waals surface area contributed by atoms with Crippen LogP contribution in [0, 0.1) is 17.8 Å². The first kappa shape index (κ1) is 23.6. The highest BCUT2D eigenvalue weighted by Gasteiger charge is 2.31. The van der Waals surface area contributed by atoms with Crippen molar-refractivity contribution in [1.82, 2.24) is 0 Å². The maximum atomic E-state index is 10.8. The number of rotatable bonds is 8. The van der Waals surface area contributed by atoms with Gasteiger partial charge < -0.3 is 14.6 Å². The Balaban J connectivity index is 1.69. The highest BCUT2D eigenvalue weighted by Crippen LogP contribution is 2.44. The van der Waals surface area contributed by atoms with Crippen molar-refractivity contribution in [2.24, 2.45) is 17.8 Å². The number of hydrogen-bond acceptors (Lipinski definition) is 3. The van der Waals surface area contributed by atoms with Gasteiger partial charge in [0.2, 0.25) is 0 Å². The SMILES string of the molecule is CC1CCC(C2CCC(c3cc(COC(C)C)c(O)c(COC(C)C)c3)CC2)CC1. The molecule has 0 atom stereocenters. The minimum Gasteiger partial charge on any atom is -0.507 e. The first-order chi connectivity index (χ1) is 14.3. The molecule has 0 heterocycles. The first-order valence-electron chi connectivity index (χ1n) is 12.4. The van der Waals surface area contributed by atoms with Crippen molar-refractivity contribution in [1.29, 1.82) is 0 Å². The lowest BCUT2D eigenvalue weighted by Crippen LogP contribution is -2.24. The average Bonchev–Trinajstić information content (AvgIpc) is 2.72. The summed E-state index contributed by atoms with van der Waals surface area (Å²) in [6.45, 7) is 11.5. The van der Waals surface area contributed by atoms with Gasteiger partial charge in [-0.1, -0.05) is 19.8 Å². The van der Waals surface area contributed by atoms with Crippen LogP contribution >= 0.6 is 0 Å². The summed E-state index contributed by atoms with van der Waals surface area (Å²) < 4.78 is 11.7. The van der Waals surface area contributed by atoms with Crippen LogP contribution in [0.3, 0.4) is 0 Å². The molecule has 2 aliphatic carbocycles. The molecule has 170 valence electrons. The van der Waals surface area contributed by atoms with E-state index in [0.29, 0.717) is 24.9 Å². The second kappa shape index (κ2) is 11.0. The summed E-state index contributed by atoms with van der Waals surface area (Å²) >= 11 is 0. The number of benzene rings is 1. The molecule has 1 N–H and O–H groups in total. The van der Waals surface area contributed by atoms with Gasteiger partial charge in [0.05, 0.1) is 25.4 Å². The zero-order valence-electron chi connectivity index (χ0n) is 20.0. The third kappa shape index (κ3) is 6.47. The van der Waals surface area contributed by atoms with Crippen LogP contribution in [-0.4, -0.2) is 17.3 Å². The highest BCUT2D eigenvalue weighted by atomic mass is 16.5. The van der Waals surface area contributed by atoms with Crippen LogP contribution < -0.4 is 0 Å². The predicted molar refractivity (Wildman–Crippen MR) is 124 cm³/mol. The molecule has 2 saturated carbocycles. The number of phenols is 1. The molecule has 0 bridgehead atoms. The van der Waals surface area contributed by atoms with E-state index in [0.717, 1.165) is 28.9 Å². The van der Waals surface area contributed by atoms with Crippen LogP contribution in [0.2, 0.25) is 0 Å². The van der Waals surface area contributed by atoms with Gasteiger partial charge in [-0.25, -0.2) is 0 Å². The van der Waals surface area contributed by atoms with Gasteiger partial charge >= 0.3 is 0 Å². The maximum Gasteiger partial charge on any atom is 0.126 e. The quantitative estimate of drug-likeness (QED) is 0.482. The van der Waals surface area contributed by atoms with Crippen molar-refractivity contribution >= 4 is 0 Å². The average molecular weight is 417 g/mol. The predicted octanol–water partition coefficient (Wildman–Crippen LogP) is 7.34. The molecule has 30 heavy (non-hydrogen) atoms. The van der Waals surface area contributed by atoms with Gasteiger partial charge in [0.15, 0.2) is 0 Å². The molecule has 2 fully saturated rings. The van der Waals surface area contributed by atoms with Crippen molar-refractivity contribution in [3.05, 3.63) is 28.8 Å². The summed E-state index contributed by atoms with van der Waals surface area (Å²) in [6.07, 6.45) is 11.3. The Morgan fingerprint density at radius 3 is 1.63 bits per heavy atom. The minimum atomic E-state index is 0.150. The third-order valence-corrected chi connectivity index (χ3v) is 7.40. The second-order valence-corrected chi connectivity index (χ2v) is 10.5. The Morgan fingerprint density at radius 1 is 0.767 bits per heavy atom. The smallest absolute Gasteiger partial charge is 0.126 e. The van der Waals surface area contributed by atoms with Crippen LogP contribution in [0.4, 0.5) is 0 Å². The van der Waals surface area contributed by atoms with E-state index in [4.69, 9.17) is 9.47 Å². The van der Waals surface area contributed by atoms with Crippen molar-refractivity contribution in [3.63, 3.8) is 0 Å². The maximum absolute atomic E-state index is 10.8. The van der Waals surface area contributed by atoms with Crippen LogP contribution in [0.5, 0.6) is 5.75 Å². The lowest BCUT2D eigenvalue weighted by Gasteiger charge is -2.37. The number of ether oxygens (including phenoxy) is 2. The standard InChI is InChI=1S/C27H44O3/c1-18(2)29-16-25-14-24(15-26(27(25)28)17-30-19(3)4)23-12-10-22(11-13-23)21-8-6-20(5)7-9-21/h14-15,18-23,28H,6-13,16-17H2,1-5H3. The lowest BCUT2D eigenvalue weighted by molar-refractivity contribution is 0.0600. The largest absolute Gasteiger partial charge is 0.507 e. The topological polar surface area (TPSA) is 38.7 Å². The molecule has 2 aliphatic rings. The van der Waals surface area contributed by atoms with Crippen molar-refractivity contribution < 1.29 is 14.6 Å². The summed E-state index contributed by atoms with van der Waals surface area (Å²) in [4.78, 5) is 0. The summed E-state index contributed by atoms with van der Waals surface area (Å²) in [5.41, 5.74) is 3.19. The van der Waals surface area contributed by atoms with Gasteiger partial charge in [0.1, 0.15) is 5.75 Å². The van der Waals surface area contributed by atoms with Crippen molar-refractivity contribution in [3.8, 4) is 5.75 Å². The van der Waals surface area contributed by atoms with E-state index < -0.39 is 0 Å². The molecule has 3 nitrogen and oxygen atoms in total. The van der Waals surface area contributed by atoms with E-state index >= 15 is 0 Å². The molecular weight excluding hydrogens is 372 g/mol. The molecule has 3 heteroatoms. The molecule has 0 aromatic heterocycles. The zero-order chi connectivity index (χ0) is 21.7. The van der Waals surface area contributed by atoms with E-state index in [-0.39, 0.29) is 12.2 Å². The molecule has 0 unspecified atom stereocenters. The molecule has 1 aromatic carbocycles. The van der Waals surface area contributed by atoms with Gasteiger partial charge in [0.25, 0.3) is 0 Å². The molecule has 0 spiro atoms. The van der Waals surface area contributed by atoms with Gasteiger partial charge in [-0.15, -0.1) is 0 Å². The number of aromatic hydroxyl groups is 1. The Morgan fingerprint density at radius 2 is 1.20 bits per heavy atom. The van der Waals surface area contributed by atoms with Crippen molar-refractivity contribution in [2.75, 3.05) is 0 Å². The molecule has 0 aliphatic heterocycles. The molecular formula is C27H44O3. The highest BCUT2D eigenvalue weighted by molar-refractivity contribution is 5.44. The van der Waals surface area contributed by atoms with Crippen LogP contribution in [0.1, 0.15) is 109 Å². The molecule has 0 amide bonds. The fourth-order valence-corrected chi connectivity index (χ4v) is 5.44. The Hall–Kier alpha value is -1.06. The Bertz CT molecular complexity index is 617. The van der Waals surface area contributed by atoms with E-state index in [2.05, 4.69) is 19.1 Å². The fraction of sp³-hybridized carbons (Fsp3) is 0.778. The summed E-state index contributed by atoms with van der Waals surface area (Å²) in [5.74, 6) is 3.78. The van der Waals surface area contributed by atoms with Crippen LogP contribution in [-0.2, 0) is 22.7 Å². The summed E-state index contributed by atoms with van der Waals surface area (Å²) in [7, 11) is 0. The molecule has 3 rings (SSSR count). The molecule has 0 saturated heterocycles. The monoisotopic (exact) mass is 416 g/mol. The Kier molecular flexibility index (Phi) is 8.65.